The number of fused-ring (bicyclic) bond motifs is 11. The van der Waals surface area contributed by atoms with Gasteiger partial charge in [-0.05, 0) is 112 Å². The molecule has 0 amide bonds. The van der Waals surface area contributed by atoms with Crippen LogP contribution in [0.25, 0.3) is 85.9 Å². The summed E-state index contributed by atoms with van der Waals surface area (Å²) in [5.41, 5.74) is 13.4. The van der Waals surface area contributed by atoms with Gasteiger partial charge in [-0.1, -0.05) is 172 Å². The molecule has 1 heteroatoms. The molecule has 1 aromatic heterocycles. The lowest BCUT2D eigenvalue weighted by atomic mass is 9.70. The van der Waals surface area contributed by atoms with Crippen molar-refractivity contribution in [3.8, 4) is 22.3 Å². The minimum Gasteiger partial charge on any atom is -0.135 e. The van der Waals surface area contributed by atoms with Crippen LogP contribution in [0.3, 0.4) is 0 Å². The molecule has 1 heterocycles. The number of allylic oxidation sites excluding steroid dienone is 8. The van der Waals surface area contributed by atoms with Crippen LogP contribution in [-0.2, 0) is 5.41 Å². The fourth-order valence-electron chi connectivity index (χ4n) is 10.6. The molecule has 0 saturated heterocycles. The van der Waals surface area contributed by atoms with Crippen LogP contribution >= 0.6 is 11.3 Å². The molecule has 2 atom stereocenters. The quantitative estimate of drug-likeness (QED) is 0.159. The van der Waals surface area contributed by atoms with Gasteiger partial charge < -0.3 is 0 Å². The predicted octanol–water partition coefficient (Wildman–Crippen LogP) is 15.3. The van der Waals surface area contributed by atoms with E-state index in [1.54, 1.807) is 0 Å². The molecule has 8 aromatic carbocycles. The van der Waals surface area contributed by atoms with Gasteiger partial charge in [0.2, 0.25) is 0 Å². The second-order valence-corrected chi connectivity index (χ2v) is 17.4. The molecule has 12 rings (SSSR count). The molecule has 3 aliphatic rings. The van der Waals surface area contributed by atoms with Gasteiger partial charge in [-0.25, -0.2) is 0 Å². The summed E-state index contributed by atoms with van der Waals surface area (Å²) in [5.74, 6) is 0.533. The zero-order valence-corrected chi connectivity index (χ0v) is 32.2. The third-order valence-electron chi connectivity index (χ3n) is 13.0. The molecule has 0 saturated carbocycles. The maximum Gasteiger partial charge on any atom is 0.0361 e. The Morgan fingerprint density at radius 3 is 1.80 bits per heavy atom. The summed E-state index contributed by atoms with van der Waals surface area (Å²) in [5, 5.41) is 10.6. The van der Waals surface area contributed by atoms with Crippen molar-refractivity contribution in [1.82, 2.24) is 0 Å². The molecule has 0 fully saturated rings. The molecule has 0 spiro atoms. The molecule has 0 nitrogen and oxygen atoms in total. The molecule has 0 bridgehead atoms. The van der Waals surface area contributed by atoms with E-state index in [-0.39, 0.29) is 17.3 Å². The Morgan fingerprint density at radius 1 is 0.446 bits per heavy atom. The minimum absolute atomic E-state index is 0.126. The molecular weight excluding hydrogens is 693 g/mol. The number of rotatable bonds is 3. The SMILES string of the molecule is CC1(C)c2ccc(-c3c4ccccc4c(C4=CC=C(c5ccccc5)C5C=CC=CC45)c4ccccc34)cc2-c2ccc3cc4c(cc3c21)sc1ccccc14. The Labute approximate surface area is 331 Å². The third kappa shape index (κ3) is 4.47. The summed E-state index contributed by atoms with van der Waals surface area (Å²) in [6.45, 7) is 4.84. The Hall–Kier alpha value is -6.28. The summed E-state index contributed by atoms with van der Waals surface area (Å²) in [4.78, 5) is 0. The van der Waals surface area contributed by atoms with E-state index in [0.717, 1.165) is 0 Å². The molecule has 0 aliphatic heterocycles. The van der Waals surface area contributed by atoms with Gasteiger partial charge in [0.25, 0.3) is 0 Å². The lowest BCUT2D eigenvalue weighted by Gasteiger charge is -2.33. The second kappa shape index (κ2) is 11.9. The van der Waals surface area contributed by atoms with Crippen LogP contribution in [0, 0.1) is 11.8 Å². The van der Waals surface area contributed by atoms with Crippen LogP contribution in [0.1, 0.15) is 36.1 Å². The lowest BCUT2D eigenvalue weighted by Crippen LogP contribution is -2.19. The Kier molecular flexibility index (Phi) is 6.78. The summed E-state index contributed by atoms with van der Waals surface area (Å²) >= 11 is 1.91. The highest BCUT2D eigenvalue weighted by Crippen LogP contribution is 2.55. The topological polar surface area (TPSA) is 0 Å². The van der Waals surface area contributed by atoms with Gasteiger partial charge in [-0.3, -0.25) is 0 Å². The molecule has 0 radical (unpaired) electrons. The average Bonchev–Trinajstić information content (AvgIpc) is 3.72. The van der Waals surface area contributed by atoms with E-state index in [2.05, 4.69) is 196 Å². The van der Waals surface area contributed by atoms with Crippen LogP contribution in [0.4, 0.5) is 0 Å². The summed E-state index contributed by atoms with van der Waals surface area (Å²) in [7, 11) is 0. The fourth-order valence-corrected chi connectivity index (χ4v) is 11.7. The van der Waals surface area contributed by atoms with Gasteiger partial charge >= 0.3 is 0 Å². The van der Waals surface area contributed by atoms with Gasteiger partial charge in [0.1, 0.15) is 0 Å². The van der Waals surface area contributed by atoms with Crippen molar-refractivity contribution in [3.63, 3.8) is 0 Å². The summed E-state index contributed by atoms with van der Waals surface area (Å²) in [6, 6.07) is 54.9. The molecule has 56 heavy (non-hydrogen) atoms. The highest BCUT2D eigenvalue weighted by molar-refractivity contribution is 7.25. The van der Waals surface area contributed by atoms with E-state index in [1.807, 2.05) is 11.3 Å². The first-order valence-corrected chi connectivity index (χ1v) is 20.7. The Balaban J connectivity index is 1.07. The van der Waals surface area contributed by atoms with Gasteiger partial charge in [0.05, 0.1) is 0 Å². The zero-order valence-electron chi connectivity index (χ0n) is 31.4. The first-order valence-electron chi connectivity index (χ1n) is 19.8. The van der Waals surface area contributed by atoms with Crippen LogP contribution in [-0.4, -0.2) is 0 Å². The normalized spacial score (nSPS) is 18.0. The zero-order chi connectivity index (χ0) is 37.1. The number of hydrogen-bond acceptors (Lipinski definition) is 1. The number of thiophene rings is 1. The van der Waals surface area contributed by atoms with Crippen molar-refractivity contribution in [2.75, 3.05) is 0 Å². The average molecular weight is 731 g/mol. The highest BCUT2D eigenvalue weighted by atomic mass is 32.1. The van der Waals surface area contributed by atoms with E-state index in [9.17, 15) is 0 Å². The molecule has 3 aliphatic carbocycles. The van der Waals surface area contributed by atoms with E-state index >= 15 is 0 Å². The van der Waals surface area contributed by atoms with Crippen molar-refractivity contribution in [2.45, 2.75) is 19.3 Å². The molecule has 2 unspecified atom stereocenters. The summed E-state index contributed by atoms with van der Waals surface area (Å²) in [6.07, 6.45) is 14.1. The first kappa shape index (κ1) is 32.0. The number of hydrogen-bond donors (Lipinski definition) is 0. The Morgan fingerprint density at radius 2 is 1.07 bits per heavy atom. The smallest absolute Gasteiger partial charge is 0.0361 e. The predicted molar refractivity (Wildman–Crippen MR) is 243 cm³/mol. The maximum absolute atomic E-state index is 2.50. The van der Waals surface area contributed by atoms with Crippen LogP contribution in [0.5, 0.6) is 0 Å². The van der Waals surface area contributed by atoms with Gasteiger partial charge in [0.15, 0.2) is 0 Å². The van der Waals surface area contributed by atoms with E-state index in [4.69, 9.17) is 0 Å². The molecule has 264 valence electrons. The van der Waals surface area contributed by atoms with Crippen LogP contribution < -0.4 is 0 Å². The van der Waals surface area contributed by atoms with E-state index < -0.39 is 0 Å². The van der Waals surface area contributed by atoms with Crippen molar-refractivity contribution in [3.05, 3.63) is 204 Å². The fraction of sp³-hybridized carbons (Fsp3) is 0.0909. The van der Waals surface area contributed by atoms with Crippen molar-refractivity contribution >= 4 is 75.0 Å². The molecule has 9 aromatic rings. The van der Waals surface area contributed by atoms with Crippen molar-refractivity contribution in [2.24, 2.45) is 11.8 Å². The van der Waals surface area contributed by atoms with Crippen LogP contribution in [0.2, 0.25) is 0 Å². The lowest BCUT2D eigenvalue weighted by molar-refractivity contribution is 0.666. The van der Waals surface area contributed by atoms with Crippen molar-refractivity contribution < 1.29 is 0 Å². The largest absolute Gasteiger partial charge is 0.135 e. The Bertz CT molecular complexity index is 3210. The van der Waals surface area contributed by atoms with E-state index in [0.29, 0.717) is 0 Å². The minimum atomic E-state index is -0.126. The first-order chi connectivity index (χ1) is 27.5. The molecular formula is C55H38S. The third-order valence-corrected chi connectivity index (χ3v) is 14.2. The maximum atomic E-state index is 2.50. The highest BCUT2D eigenvalue weighted by Gasteiger charge is 2.38. The van der Waals surface area contributed by atoms with Gasteiger partial charge in [0, 0.05) is 37.4 Å². The standard InChI is InChI=1S/C55H38S/c1-55(2)49-29-25-35(31-47(49)45-26-24-34-30-48-39-18-12-13-23-50(39)56-51(48)32-46(34)54(45)55)52-40-19-8-10-21-42(40)53(43-22-11-9-20-41(43)52)44-28-27-36(33-14-4-3-5-15-33)37-16-6-7-17-38(37)44/h3-32,37-38H,1-2H3. The molecule has 0 N–H and O–H groups in total. The van der Waals surface area contributed by atoms with Gasteiger partial charge in [-0.2, -0.15) is 0 Å². The monoisotopic (exact) mass is 730 g/mol. The van der Waals surface area contributed by atoms with Crippen molar-refractivity contribution in [1.29, 1.82) is 0 Å². The summed E-state index contributed by atoms with van der Waals surface area (Å²) < 4.78 is 2.72. The number of benzene rings is 8. The van der Waals surface area contributed by atoms with E-state index in [1.165, 1.54) is 108 Å². The second-order valence-electron chi connectivity index (χ2n) is 16.3. The van der Waals surface area contributed by atoms with Gasteiger partial charge in [-0.15, -0.1) is 11.3 Å². The van der Waals surface area contributed by atoms with Crippen LogP contribution in [0.15, 0.2) is 182 Å².